The van der Waals surface area contributed by atoms with Crippen molar-refractivity contribution in [1.82, 2.24) is 30.2 Å². The van der Waals surface area contributed by atoms with E-state index in [9.17, 15) is 4.79 Å². The van der Waals surface area contributed by atoms with Crippen molar-refractivity contribution in [3.05, 3.63) is 30.4 Å². The van der Waals surface area contributed by atoms with E-state index in [1.54, 1.807) is 18.5 Å². The number of piperazine rings is 1. The number of pyridine rings is 1. The Hall–Kier alpha value is -2.32. The largest absolute Gasteiger partial charge is 0.348 e. The first-order valence-electron chi connectivity index (χ1n) is 9.23. The second kappa shape index (κ2) is 9.40. The molecular formula is C18H26N6O2. The Morgan fingerprint density at radius 3 is 2.69 bits per heavy atom. The molecule has 1 N–H and O–H groups in total. The lowest BCUT2D eigenvalue weighted by Gasteiger charge is -2.34. The summed E-state index contributed by atoms with van der Waals surface area (Å²) in [5.74, 6) is 0.0191. The van der Waals surface area contributed by atoms with Gasteiger partial charge in [-0.3, -0.25) is 9.78 Å². The summed E-state index contributed by atoms with van der Waals surface area (Å²) in [7, 11) is 0. The van der Waals surface area contributed by atoms with E-state index in [4.69, 9.17) is 4.52 Å². The first-order chi connectivity index (χ1) is 12.8. The fraction of sp³-hybridized carbons (Fsp3) is 0.556. The highest BCUT2D eigenvalue weighted by molar-refractivity contribution is 5.89. The lowest BCUT2D eigenvalue weighted by Crippen LogP contribution is -2.47. The summed E-state index contributed by atoms with van der Waals surface area (Å²) in [5.41, 5.74) is 0.720. The molecule has 0 saturated carbocycles. The topological polar surface area (TPSA) is 87.4 Å². The third-order valence-electron chi connectivity index (χ3n) is 4.48. The molecule has 2 aromatic rings. The maximum Gasteiger partial charge on any atom is 0.316 e. The molecular weight excluding hydrogens is 332 g/mol. The molecule has 8 heteroatoms. The minimum Gasteiger partial charge on any atom is -0.348 e. The zero-order chi connectivity index (χ0) is 18.2. The maximum atomic E-state index is 12.1. The number of carbonyl (C=O) groups is 1. The Labute approximate surface area is 153 Å². The number of rotatable bonds is 8. The summed E-state index contributed by atoms with van der Waals surface area (Å²) in [6.45, 7) is 9.48. The van der Waals surface area contributed by atoms with Gasteiger partial charge in [0, 0.05) is 50.7 Å². The van der Waals surface area contributed by atoms with Gasteiger partial charge < -0.3 is 19.6 Å². The number of amides is 1. The van der Waals surface area contributed by atoms with Gasteiger partial charge in [0.25, 0.3) is 0 Å². The lowest BCUT2D eigenvalue weighted by atomic mass is 10.2. The van der Waals surface area contributed by atoms with Gasteiger partial charge in [0.05, 0.1) is 0 Å². The molecule has 1 amide bonds. The number of carbonyl (C=O) groups excluding carboxylic acids is 1. The van der Waals surface area contributed by atoms with Gasteiger partial charge in [-0.1, -0.05) is 12.1 Å². The van der Waals surface area contributed by atoms with Crippen molar-refractivity contribution < 1.29 is 9.32 Å². The fourth-order valence-electron chi connectivity index (χ4n) is 3.06. The monoisotopic (exact) mass is 358 g/mol. The van der Waals surface area contributed by atoms with E-state index >= 15 is 0 Å². The van der Waals surface area contributed by atoms with Crippen molar-refractivity contribution >= 4 is 5.91 Å². The summed E-state index contributed by atoms with van der Waals surface area (Å²) >= 11 is 0. The molecule has 0 radical (unpaired) electrons. The summed E-state index contributed by atoms with van der Waals surface area (Å²) in [4.78, 5) is 25.2. The van der Waals surface area contributed by atoms with Crippen LogP contribution in [0.15, 0.2) is 29.0 Å². The summed E-state index contributed by atoms with van der Waals surface area (Å²) in [5, 5.41) is 6.68. The molecule has 1 aliphatic rings. The van der Waals surface area contributed by atoms with E-state index < -0.39 is 0 Å². The molecule has 0 aromatic carbocycles. The SMILES string of the molecule is CCCN1CCN(CCCNC(=O)c2nc(-c3cccnc3)no2)CC1. The maximum absolute atomic E-state index is 12.1. The van der Waals surface area contributed by atoms with Gasteiger partial charge in [0.2, 0.25) is 5.82 Å². The second-order valence-electron chi connectivity index (χ2n) is 6.46. The van der Waals surface area contributed by atoms with E-state index in [0.29, 0.717) is 12.4 Å². The molecule has 2 aromatic heterocycles. The minimum atomic E-state index is -0.333. The summed E-state index contributed by atoms with van der Waals surface area (Å²) in [6, 6.07) is 3.60. The van der Waals surface area contributed by atoms with Crippen LogP contribution < -0.4 is 5.32 Å². The molecule has 3 heterocycles. The average molecular weight is 358 g/mol. The number of nitrogens with zero attached hydrogens (tertiary/aromatic N) is 5. The molecule has 1 saturated heterocycles. The van der Waals surface area contributed by atoms with Crippen LogP contribution >= 0.6 is 0 Å². The molecule has 0 aliphatic carbocycles. The predicted octanol–water partition coefficient (Wildman–Crippen LogP) is 1.28. The Morgan fingerprint density at radius 2 is 2.00 bits per heavy atom. The number of hydrogen-bond donors (Lipinski definition) is 1. The van der Waals surface area contributed by atoms with Crippen molar-refractivity contribution in [2.45, 2.75) is 19.8 Å². The minimum absolute atomic E-state index is 0.0166. The Kier molecular flexibility index (Phi) is 6.68. The van der Waals surface area contributed by atoms with E-state index in [1.165, 1.54) is 13.0 Å². The van der Waals surface area contributed by atoms with Crippen LogP contribution in [-0.4, -0.2) is 76.6 Å². The van der Waals surface area contributed by atoms with Crippen molar-refractivity contribution in [3.8, 4) is 11.4 Å². The van der Waals surface area contributed by atoms with Gasteiger partial charge in [-0.2, -0.15) is 4.98 Å². The molecule has 0 spiro atoms. The lowest BCUT2D eigenvalue weighted by molar-refractivity contribution is 0.0904. The zero-order valence-corrected chi connectivity index (χ0v) is 15.2. The van der Waals surface area contributed by atoms with Crippen LogP contribution in [0.25, 0.3) is 11.4 Å². The van der Waals surface area contributed by atoms with E-state index in [2.05, 4.69) is 37.2 Å². The van der Waals surface area contributed by atoms with Gasteiger partial charge in [0.1, 0.15) is 0 Å². The summed E-state index contributed by atoms with van der Waals surface area (Å²) in [6.07, 6.45) is 5.42. The van der Waals surface area contributed by atoms with Crippen molar-refractivity contribution in [2.75, 3.05) is 45.8 Å². The highest BCUT2D eigenvalue weighted by atomic mass is 16.5. The third-order valence-corrected chi connectivity index (χ3v) is 4.48. The number of aromatic nitrogens is 3. The number of nitrogens with one attached hydrogen (secondary N) is 1. The van der Waals surface area contributed by atoms with Crippen molar-refractivity contribution in [2.24, 2.45) is 0 Å². The molecule has 0 bridgehead atoms. The van der Waals surface area contributed by atoms with Gasteiger partial charge in [-0.25, -0.2) is 0 Å². The van der Waals surface area contributed by atoms with Gasteiger partial charge >= 0.3 is 11.8 Å². The predicted molar refractivity (Wildman–Crippen MR) is 97.7 cm³/mol. The Bertz CT molecular complexity index is 682. The molecule has 26 heavy (non-hydrogen) atoms. The second-order valence-corrected chi connectivity index (χ2v) is 6.46. The van der Waals surface area contributed by atoms with Crippen molar-refractivity contribution in [1.29, 1.82) is 0 Å². The quantitative estimate of drug-likeness (QED) is 0.711. The molecule has 1 aliphatic heterocycles. The highest BCUT2D eigenvalue weighted by Crippen LogP contribution is 2.13. The van der Waals surface area contributed by atoms with Crippen LogP contribution in [0.1, 0.15) is 30.5 Å². The van der Waals surface area contributed by atoms with Crippen LogP contribution in [0, 0.1) is 0 Å². The van der Waals surface area contributed by atoms with E-state index in [0.717, 1.165) is 44.7 Å². The van der Waals surface area contributed by atoms with Crippen molar-refractivity contribution in [3.63, 3.8) is 0 Å². The van der Waals surface area contributed by atoms with Crippen LogP contribution in [0.3, 0.4) is 0 Å². The first kappa shape index (κ1) is 18.5. The smallest absolute Gasteiger partial charge is 0.316 e. The van der Waals surface area contributed by atoms with E-state index in [1.807, 2.05) is 6.07 Å². The van der Waals surface area contributed by atoms with Crippen LogP contribution in [0.2, 0.25) is 0 Å². The Balaban J connectivity index is 1.37. The van der Waals surface area contributed by atoms with Crippen LogP contribution in [0.4, 0.5) is 0 Å². The average Bonchev–Trinajstić information content (AvgIpc) is 3.18. The van der Waals surface area contributed by atoms with Crippen LogP contribution in [-0.2, 0) is 0 Å². The first-order valence-corrected chi connectivity index (χ1v) is 9.23. The molecule has 0 unspecified atom stereocenters. The Morgan fingerprint density at radius 1 is 1.23 bits per heavy atom. The normalized spacial score (nSPS) is 15.9. The number of hydrogen-bond acceptors (Lipinski definition) is 7. The van der Waals surface area contributed by atoms with E-state index in [-0.39, 0.29) is 11.8 Å². The molecule has 0 atom stereocenters. The van der Waals surface area contributed by atoms with Gasteiger partial charge in [-0.05, 0) is 38.1 Å². The highest BCUT2D eigenvalue weighted by Gasteiger charge is 2.17. The fourth-order valence-corrected chi connectivity index (χ4v) is 3.06. The zero-order valence-electron chi connectivity index (χ0n) is 15.2. The molecule has 1 fully saturated rings. The molecule has 140 valence electrons. The third kappa shape index (κ3) is 5.09. The van der Waals surface area contributed by atoms with Crippen LogP contribution in [0.5, 0.6) is 0 Å². The standard InChI is InChI=1S/C18H26N6O2/c1-2-8-23-10-12-24(13-11-23)9-4-7-20-17(25)18-21-16(22-26-18)15-5-3-6-19-14-15/h3,5-6,14H,2,4,7-13H2,1H3,(H,20,25). The van der Waals surface area contributed by atoms with Gasteiger partial charge in [-0.15, -0.1) is 0 Å². The summed E-state index contributed by atoms with van der Waals surface area (Å²) < 4.78 is 5.05. The van der Waals surface area contributed by atoms with Gasteiger partial charge in [0.15, 0.2) is 0 Å². The molecule has 3 rings (SSSR count). The molecule has 8 nitrogen and oxygen atoms in total.